The van der Waals surface area contributed by atoms with Gasteiger partial charge in [0, 0.05) is 17.8 Å². The maximum atomic E-state index is 5.64. The van der Waals surface area contributed by atoms with E-state index in [-0.39, 0.29) is 0 Å². The molecule has 4 nitrogen and oxygen atoms in total. The van der Waals surface area contributed by atoms with Gasteiger partial charge in [-0.25, -0.2) is 4.98 Å². The second-order valence-electron chi connectivity index (χ2n) is 4.82. The van der Waals surface area contributed by atoms with Crippen LogP contribution in [0, 0.1) is 6.92 Å². The number of nitrogens with zero attached hydrogens (tertiary/aromatic N) is 2. The topological polar surface area (TPSA) is 63.8 Å². The number of nitrogen functional groups attached to an aromatic ring is 1. The van der Waals surface area contributed by atoms with Crippen molar-refractivity contribution >= 4 is 11.8 Å². The van der Waals surface area contributed by atoms with Crippen molar-refractivity contribution in [1.29, 1.82) is 0 Å². The molecule has 0 aliphatic heterocycles. The van der Waals surface area contributed by atoms with E-state index in [1.807, 2.05) is 19.1 Å². The van der Waals surface area contributed by atoms with Crippen molar-refractivity contribution in [2.24, 2.45) is 0 Å². The van der Waals surface area contributed by atoms with E-state index in [4.69, 9.17) is 5.73 Å². The van der Waals surface area contributed by atoms with E-state index in [1.54, 1.807) is 0 Å². The summed E-state index contributed by atoms with van der Waals surface area (Å²) in [5.41, 5.74) is 7.87. The smallest absolute Gasteiger partial charge is 0.222 e. The van der Waals surface area contributed by atoms with E-state index >= 15 is 0 Å². The molecular weight excluding hydrogens is 236 g/mol. The summed E-state index contributed by atoms with van der Waals surface area (Å²) in [6, 6.07) is 12.7. The third kappa shape index (κ3) is 4.25. The molecule has 0 radical (unpaired) electrons. The average molecular weight is 256 g/mol. The van der Waals surface area contributed by atoms with Crippen LogP contribution >= 0.6 is 0 Å². The second-order valence-corrected chi connectivity index (χ2v) is 4.82. The molecule has 0 aliphatic rings. The van der Waals surface area contributed by atoms with Gasteiger partial charge >= 0.3 is 0 Å². The van der Waals surface area contributed by atoms with Crippen LogP contribution in [0.25, 0.3) is 0 Å². The van der Waals surface area contributed by atoms with Gasteiger partial charge in [-0.05, 0) is 32.3 Å². The Labute approximate surface area is 114 Å². The first-order valence-electron chi connectivity index (χ1n) is 6.55. The number of nitrogens with two attached hydrogens (primary N) is 1. The number of aromatic nitrogens is 2. The normalized spacial score (nSPS) is 12.1. The Balaban J connectivity index is 1.89. The zero-order valence-corrected chi connectivity index (χ0v) is 11.4. The van der Waals surface area contributed by atoms with Gasteiger partial charge in [0.25, 0.3) is 0 Å². The molecule has 19 heavy (non-hydrogen) atoms. The quantitative estimate of drug-likeness (QED) is 0.863. The van der Waals surface area contributed by atoms with Gasteiger partial charge in [0.05, 0.1) is 0 Å². The predicted molar refractivity (Wildman–Crippen MR) is 79.0 cm³/mol. The van der Waals surface area contributed by atoms with Crippen LogP contribution in [0.5, 0.6) is 0 Å². The summed E-state index contributed by atoms with van der Waals surface area (Å²) in [4.78, 5) is 8.25. The average Bonchev–Trinajstić information content (AvgIpc) is 2.36. The van der Waals surface area contributed by atoms with Crippen LogP contribution in [0.4, 0.5) is 11.8 Å². The zero-order chi connectivity index (χ0) is 13.7. The molecule has 0 amide bonds. The monoisotopic (exact) mass is 256 g/mol. The Kier molecular flexibility index (Phi) is 4.34. The van der Waals surface area contributed by atoms with Gasteiger partial charge in [-0.3, -0.25) is 0 Å². The Morgan fingerprint density at radius 1 is 1.21 bits per heavy atom. The van der Waals surface area contributed by atoms with Crippen molar-refractivity contribution in [3.05, 3.63) is 47.7 Å². The fraction of sp³-hybridized carbons (Fsp3) is 0.333. The number of hydrogen-bond donors (Lipinski definition) is 2. The van der Waals surface area contributed by atoms with Gasteiger partial charge in [0.15, 0.2) is 0 Å². The molecule has 0 fully saturated rings. The molecular formula is C15H20N4. The molecule has 0 aliphatic carbocycles. The Bertz CT molecular complexity index is 505. The summed E-state index contributed by atoms with van der Waals surface area (Å²) < 4.78 is 0. The molecule has 0 saturated carbocycles. The minimum Gasteiger partial charge on any atom is -0.368 e. The Morgan fingerprint density at radius 2 is 1.95 bits per heavy atom. The lowest BCUT2D eigenvalue weighted by molar-refractivity contribution is 0.702. The highest BCUT2D eigenvalue weighted by Gasteiger charge is 2.05. The van der Waals surface area contributed by atoms with Crippen LogP contribution in [-0.4, -0.2) is 16.0 Å². The van der Waals surface area contributed by atoms with Crippen LogP contribution in [0.2, 0.25) is 0 Å². The third-order valence-corrected chi connectivity index (χ3v) is 2.97. The summed E-state index contributed by atoms with van der Waals surface area (Å²) in [7, 11) is 0. The molecule has 0 bridgehead atoms. The van der Waals surface area contributed by atoms with Gasteiger partial charge < -0.3 is 11.1 Å². The maximum absolute atomic E-state index is 5.64. The second kappa shape index (κ2) is 6.18. The molecule has 0 spiro atoms. The number of aryl methyl sites for hydroxylation is 2. The highest BCUT2D eigenvalue weighted by atomic mass is 15.1. The minimum absolute atomic E-state index is 0.317. The standard InChI is InChI=1S/C15H20N4/c1-11(8-9-13-6-4-3-5-7-13)17-14-10-12(2)18-15(16)19-14/h3-7,10-11H,8-9H2,1-2H3,(H3,16,17,18,19). The molecule has 1 heterocycles. The lowest BCUT2D eigenvalue weighted by Crippen LogP contribution is -2.17. The molecule has 4 heteroatoms. The van der Waals surface area contributed by atoms with Crippen molar-refractivity contribution in [2.75, 3.05) is 11.1 Å². The highest BCUT2D eigenvalue weighted by molar-refractivity contribution is 5.40. The summed E-state index contributed by atoms with van der Waals surface area (Å²) in [6.07, 6.45) is 2.10. The first kappa shape index (κ1) is 13.3. The van der Waals surface area contributed by atoms with Gasteiger partial charge in [-0.1, -0.05) is 30.3 Å². The number of anilines is 2. The van der Waals surface area contributed by atoms with Crippen LogP contribution < -0.4 is 11.1 Å². The lowest BCUT2D eigenvalue weighted by atomic mass is 10.1. The van der Waals surface area contributed by atoms with Crippen molar-refractivity contribution in [3.8, 4) is 0 Å². The van der Waals surface area contributed by atoms with E-state index in [1.165, 1.54) is 5.56 Å². The van der Waals surface area contributed by atoms with Crippen LogP contribution in [0.3, 0.4) is 0 Å². The fourth-order valence-electron chi connectivity index (χ4n) is 2.02. The summed E-state index contributed by atoms with van der Waals surface area (Å²) >= 11 is 0. The molecule has 1 unspecified atom stereocenters. The summed E-state index contributed by atoms with van der Waals surface area (Å²) in [5.74, 6) is 1.11. The fourth-order valence-corrected chi connectivity index (χ4v) is 2.02. The molecule has 1 aromatic heterocycles. The van der Waals surface area contributed by atoms with Crippen LogP contribution in [-0.2, 0) is 6.42 Å². The summed E-state index contributed by atoms with van der Waals surface area (Å²) in [6.45, 7) is 4.06. The van der Waals surface area contributed by atoms with E-state index < -0.39 is 0 Å². The van der Waals surface area contributed by atoms with Crippen molar-refractivity contribution < 1.29 is 0 Å². The van der Waals surface area contributed by atoms with Gasteiger partial charge in [0.1, 0.15) is 5.82 Å². The summed E-state index contributed by atoms with van der Waals surface area (Å²) in [5, 5.41) is 3.36. The number of benzene rings is 1. The molecule has 1 aromatic carbocycles. The first-order valence-corrected chi connectivity index (χ1v) is 6.55. The van der Waals surface area contributed by atoms with Crippen LogP contribution in [0.15, 0.2) is 36.4 Å². The number of rotatable bonds is 5. The SMILES string of the molecule is Cc1cc(NC(C)CCc2ccccc2)nc(N)n1. The lowest BCUT2D eigenvalue weighted by Gasteiger charge is -2.15. The van der Waals surface area contributed by atoms with Gasteiger partial charge in [-0.2, -0.15) is 4.98 Å². The van der Waals surface area contributed by atoms with Crippen molar-refractivity contribution in [1.82, 2.24) is 9.97 Å². The Hall–Kier alpha value is -2.10. The van der Waals surface area contributed by atoms with Crippen molar-refractivity contribution in [3.63, 3.8) is 0 Å². The predicted octanol–water partition coefficient (Wildman–Crippen LogP) is 2.80. The largest absolute Gasteiger partial charge is 0.368 e. The third-order valence-electron chi connectivity index (χ3n) is 2.97. The first-order chi connectivity index (χ1) is 9.13. The maximum Gasteiger partial charge on any atom is 0.222 e. The van der Waals surface area contributed by atoms with E-state index in [0.717, 1.165) is 24.4 Å². The van der Waals surface area contributed by atoms with E-state index in [9.17, 15) is 0 Å². The Morgan fingerprint density at radius 3 is 2.63 bits per heavy atom. The minimum atomic E-state index is 0.317. The highest BCUT2D eigenvalue weighted by Crippen LogP contribution is 2.11. The number of nitrogens with one attached hydrogen (secondary N) is 1. The van der Waals surface area contributed by atoms with Gasteiger partial charge in [0.2, 0.25) is 5.95 Å². The van der Waals surface area contributed by atoms with Crippen molar-refractivity contribution in [2.45, 2.75) is 32.7 Å². The van der Waals surface area contributed by atoms with Gasteiger partial charge in [-0.15, -0.1) is 0 Å². The number of hydrogen-bond acceptors (Lipinski definition) is 4. The molecule has 100 valence electrons. The van der Waals surface area contributed by atoms with Crippen LogP contribution in [0.1, 0.15) is 24.6 Å². The molecule has 2 aromatic rings. The molecule has 2 rings (SSSR count). The molecule has 0 saturated heterocycles. The zero-order valence-electron chi connectivity index (χ0n) is 11.4. The van der Waals surface area contributed by atoms with E-state index in [2.05, 4.69) is 46.5 Å². The molecule has 3 N–H and O–H groups in total. The van der Waals surface area contributed by atoms with E-state index in [0.29, 0.717) is 12.0 Å². The molecule has 1 atom stereocenters.